The molecule has 0 bridgehead atoms. The summed E-state index contributed by atoms with van der Waals surface area (Å²) in [7, 11) is 0. The van der Waals surface area contributed by atoms with Gasteiger partial charge in [-0.15, -0.1) is 0 Å². The van der Waals surface area contributed by atoms with Crippen molar-refractivity contribution in [2.45, 2.75) is 39.3 Å². The lowest BCUT2D eigenvalue weighted by atomic mass is 10.1. The van der Waals surface area contributed by atoms with Crippen LogP contribution in [0.5, 0.6) is 0 Å². The van der Waals surface area contributed by atoms with Gasteiger partial charge in [-0.3, -0.25) is 0 Å². The molecule has 0 atom stereocenters. The first-order valence-corrected chi connectivity index (χ1v) is 5.07. The van der Waals surface area contributed by atoms with Gasteiger partial charge < -0.3 is 0 Å². The lowest BCUT2D eigenvalue weighted by Crippen LogP contribution is -2.11. The summed E-state index contributed by atoms with van der Waals surface area (Å²) in [5, 5.41) is 0. The van der Waals surface area contributed by atoms with Crippen molar-refractivity contribution in [3.63, 3.8) is 0 Å². The van der Waals surface area contributed by atoms with Gasteiger partial charge in [0, 0.05) is 5.57 Å². The molecule has 0 N–H and O–H groups in total. The Balaban J connectivity index is 2.94. The minimum absolute atomic E-state index is 0.00716. The van der Waals surface area contributed by atoms with Crippen molar-refractivity contribution in [2.24, 2.45) is 0 Å². The second-order valence-corrected chi connectivity index (χ2v) is 3.85. The van der Waals surface area contributed by atoms with Crippen molar-refractivity contribution in [3.8, 4) is 0 Å². The molecule has 0 fully saturated rings. The number of halogens is 3. The highest BCUT2D eigenvalue weighted by atomic mass is 19.4. The van der Waals surface area contributed by atoms with Crippen LogP contribution in [0.4, 0.5) is 13.2 Å². The zero-order chi connectivity index (χ0) is 11.5. The Labute approximate surface area is 88.2 Å². The molecule has 3 heteroatoms. The lowest BCUT2D eigenvalue weighted by Gasteiger charge is -2.09. The van der Waals surface area contributed by atoms with Crippen LogP contribution in [0.25, 0.3) is 0 Å². The number of hydrogen-bond donors (Lipinski definition) is 0. The maximum Gasteiger partial charge on any atom is 0.413 e. The fourth-order valence-corrected chi connectivity index (χ4v) is 1.62. The van der Waals surface area contributed by atoms with Gasteiger partial charge in [-0.05, 0) is 25.3 Å². The Morgan fingerprint density at radius 1 is 1.27 bits per heavy atom. The number of alkyl halides is 3. The van der Waals surface area contributed by atoms with E-state index in [1.807, 2.05) is 13.0 Å². The highest BCUT2D eigenvalue weighted by molar-refractivity contribution is 5.35. The van der Waals surface area contributed by atoms with Gasteiger partial charge in [0.15, 0.2) is 0 Å². The Hall–Kier alpha value is -0.990. The van der Waals surface area contributed by atoms with Crippen molar-refractivity contribution >= 4 is 0 Å². The highest BCUT2D eigenvalue weighted by Gasteiger charge is 2.33. The predicted octanol–water partition coefficient (Wildman–Crippen LogP) is 4.55. The molecule has 0 aliphatic heterocycles. The molecule has 0 aromatic heterocycles. The summed E-state index contributed by atoms with van der Waals surface area (Å²) >= 11 is 0. The summed E-state index contributed by atoms with van der Waals surface area (Å²) < 4.78 is 37.5. The monoisotopic (exact) mass is 216 g/mol. The van der Waals surface area contributed by atoms with Crippen molar-refractivity contribution in [3.05, 3.63) is 34.9 Å². The zero-order valence-corrected chi connectivity index (χ0v) is 8.99. The minimum atomic E-state index is -4.20. The molecule has 84 valence electrons. The predicted molar refractivity (Wildman–Crippen MR) is 55.5 cm³/mol. The summed E-state index contributed by atoms with van der Waals surface area (Å²) in [6.45, 7) is 3.76. The van der Waals surface area contributed by atoms with Gasteiger partial charge in [0.05, 0.1) is 0 Å². The molecule has 1 aliphatic rings. The number of allylic oxidation sites excluding steroid dienone is 6. The highest BCUT2D eigenvalue weighted by Crippen LogP contribution is 2.32. The second kappa shape index (κ2) is 4.69. The third kappa shape index (κ3) is 3.57. The minimum Gasteiger partial charge on any atom is -0.166 e. The maximum absolute atomic E-state index is 12.5. The van der Waals surface area contributed by atoms with E-state index in [2.05, 4.69) is 0 Å². The smallest absolute Gasteiger partial charge is 0.166 e. The van der Waals surface area contributed by atoms with E-state index in [-0.39, 0.29) is 6.42 Å². The maximum atomic E-state index is 12.5. The topological polar surface area (TPSA) is 0 Å². The van der Waals surface area contributed by atoms with E-state index in [4.69, 9.17) is 0 Å². The van der Waals surface area contributed by atoms with E-state index in [9.17, 15) is 13.2 Å². The first-order valence-electron chi connectivity index (χ1n) is 5.07. The molecule has 0 nitrogen and oxygen atoms in total. The summed E-state index contributed by atoms with van der Waals surface area (Å²) in [5.41, 5.74) is 1.30. The van der Waals surface area contributed by atoms with Crippen LogP contribution in [0.15, 0.2) is 34.9 Å². The average Bonchev–Trinajstić information content (AvgIpc) is 2.26. The first-order chi connectivity index (χ1) is 6.93. The quantitative estimate of drug-likeness (QED) is 0.635. The van der Waals surface area contributed by atoms with Crippen LogP contribution < -0.4 is 0 Å². The van der Waals surface area contributed by atoms with Crippen LogP contribution in [-0.2, 0) is 0 Å². The molecule has 15 heavy (non-hydrogen) atoms. The van der Waals surface area contributed by atoms with E-state index in [0.717, 1.165) is 24.0 Å². The SMILES string of the molecule is CCCC1=CC=C(C(F)(F)F)CC(C)=C1. The van der Waals surface area contributed by atoms with Gasteiger partial charge in [0.1, 0.15) is 0 Å². The van der Waals surface area contributed by atoms with E-state index in [1.54, 1.807) is 13.0 Å². The van der Waals surface area contributed by atoms with E-state index in [0.29, 0.717) is 0 Å². The summed E-state index contributed by atoms with van der Waals surface area (Å²) in [6.07, 6.45) is 2.24. The molecule has 0 spiro atoms. The largest absolute Gasteiger partial charge is 0.413 e. The molecule has 0 unspecified atom stereocenters. The van der Waals surface area contributed by atoms with Crippen LogP contribution in [0.3, 0.4) is 0 Å². The molecule has 1 aliphatic carbocycles. The van der Waals surface area contributed by atoms with E-state index < -0.39 is 11.7 Å². The molecule has 0 heterocycles. The van der Waals surface area contributed by atoms with Gasteiger partial charge in [-0.2, -0.15) is 13.2 Å². The van der Waals surface area contributed by atoms with Crippen molar-refractivity contribution in [1.82, 2.24) is 0 Å². The zero-order valence-electron chi connectivity index (χ0n) is 8.99. The molecule has 0 aromatic rings. The molecule has 0 radical (unpaired) electrons. The van der Waals surface area contributed by atoms with E-state index in [1.165, 1.54) is 6.08 Å². The van der Waals surface area contributed by atoms with Crippen LogP contribution in [-0.4, -0.2) is 6.18 Å². The molecule has 1 rings (SSSR count). The standard InChI is InChI=1S/C12H15F3/c1-3-4-10-5-6-11(12(13,14)15)8-9(2)7-10/h5-7H,3-4,8H2,1-2H3. The van der Waals surface area contributed by atoms with Crippen LogP contribution in [0.1, 0.15) is 33.1 Å². The summed E-state index contributed by atoms with van der Waals surface area (Å²) in [5.74, 6) is 0. The van der Waals surface area contributed by atoms with Gasteiger partial charge in [0.25, 0.3) is 0 Å². The van der Waals surface area contributed by atoms with Crippen molar-refractivity contribution in [2.75, 3.05) is 0 Å². The van der Waals surface area contributed by atoms with Crippen LogP contribution >= 0.6 is 0 Å². The van der Waals surface area contributed by atoms with E-state index >= 15 is 0 Å². The number of hydrogen-bond acceptors (Lipinski definition) is 0. The molecular formula is C12H15F3. The van der Waals surface area contributed by atoms with Gasteiger partial charge in [-0.25, -0.2) is 0 Å². The average molecular weight is 216 g/mol. The molecule has 0 aromatic carbocycles. The van der Waals surface area contributed by atoms with Gasteiger partial charge in [-0.1, -0.05) is 37.1 Å². The molecule has 0 amide bonds. The Kier molecular flexibility index (Phi) is 3.77. The van der Waals surface area contributed by atoms with Gasteiger partial charge in [0.2, 0.25) is 0 Å². The van der Waals surface area contributed by atoms with Crippen molar-refractivity contribution in [1.29, 1.82) is 0 Å². The normalized spacial score (nSPS) is 17.8. The van der Waals surface area contributed by atoms with Crippen molar-refractivity contribution < 1.29 is 13.2 Å². The third-order valence-electron chi connectivity index (χ3n) is 2.30. The first kappa shape index (κ1) is 12.1. The molecule has 0 saturated heterocycles. The van der Waals surface area contributed by atoms with Crippen LogP contribution in [0.2, 0.25) is 0 Å². The van der Waals surface area contributed by atoms with Crippen LogP contribution in [0, 0.1) is 0 Å². The summed E-state index contributed by atoms with van der Waals surface area (Å²) in [4.78, 5) is 0. The van der Waals surface area contributed by atoms with Gasteiger partial charge >= 0.3 is 6.18 Å². The Morgan fingerprint density at radius 3 is 2.47 bits per heavy atom. The Bertz CT molecular complexity index is 316. The fourth-order valence-electron chi connectivity index (χ4n) is 1.62. The number of rotatable bonds is 2. The third-order valence-corrected chi connectivity index (χ3v) is 2.30. The Morgan fingerprint density at radius 2 is 1.93 bits per heavy atom. The second-order valence-electron chi connectivity index (χ2n) is 3.85. The molecular weight excluding hydrogens is 201 g/mol. The fraction of sp³-hybridized carbons (Fsp3) is 0.500. The lowest BCUT2D eigenvalue weighted by molar-refractivity contribution is -0.0931. The summed E-state index contributed by atoms with van der Waals surface area (Å²) in [6, 6.07) is 0. The molecule has 0 saturated carbocycles.